The molecule has 16 heavy (non-hydrogen) atoms. The molecule has 1 aromatic rings. The molecule has 3 atom stereocenters. The highest BCUT2D eigenvalue weighted by molar-refractivity contribution is 5.52. The normalized spacial score (nSPS) is 31.3. The van der Waals surface area contributed by atoms with Gasteiger partial charge < -0.3 is 10.1 Å². The molecule has 82 valence electrons. The van der Waals surface area contributed by atoms with Crippen LogP contribution in [0.25, 0.3) is 0 Å². The van der Waals surface area contributed by atoms with Gasteiger partial charge in [0, 0.05) is 6.20 Å². The number of hydrogen-bond donors (Lipinski definition) is 1. The van der Waals surface area contributed by atoms with Crippen LogP contribution in [0.2, 0.25) is 0 Å². The number of fused-ring (bicyclic) bond motifs is 2. The summed E-state index contributed by atoms with van der Waals surface area (Å²) in [6.07, 6.45) is 5.76. The van der Waals surface area contributed by atoms with Crippen LogP contribution in [0.3, 0.4) is 0 Å². The molecule has 0 saturated carbocycles. The topological polar surface area (TPSA) is 57.9 Å². The van der Waals surface area contributed by atoms with Crippen molar-refractivity contribution >= 4 is 5.82 Å². The summed E-state index contributed by atoms with van der Waals surface area (Å²) in [5, 5.41) is 12.3. The summed E-state index contributed by atoms with van der Waals surface area (Å²) in [6, 6.07) is 6.03. The lowest BCUT2D eigenvalue weighted by Gasteiger charge is -2.20. The quantitative estimate of drug-likeness (QED) is 0.815. The standard InChI is InChI=1S/C12H13N3O/c13-7-8-2-1-5-14-12(8)15-10-6-9-3-4-11(10)16-9/h1-2,5,9-11H,3-4,6H2,(H,14,15)/t9-,10-,11-/m1/s1. The van der Waals surface area contributed by atoms with Gasteiger partial charge in [-0.1, -0.05) is 0 Å². The van der Waals surface area contributed by atoms with Crippen LogP contribution in [0, 0.1) is 11.3 Å². The maximum Gasteiger partial charge on any atom is 0.144 e. The van der Waals surface area contributed by atoms with Crippen molar-refractivity contribution in [1.82, 2.24) is 4.98 Å². The molecule has 0 radical (unpaired) electrons. The molecule has 1 N–H and O–H groups in total. The molecule has 4 heteroatoms. The van der Waals surface area contributed by atoms with Gasteiger partial charge in [-0.3, -0.25) is 0 Å². The summed E-state index contributed by atoms with van der Waals surface area (Å²) in [4.78, 5) is 4.21. The number of ether oxygens (including phenoxy) is 1. The van der Waals surface area contributed by atoms with Gasteiger partial charge in [0.05, 0.1) is 23.8 Å². The minimum atomic E-state index is 0.304. The van der Waals surface area contributed by atoms with Crippen molar-refractivity contribution < 1.29 is 4.74 Å². The van der Waals surface area contributed by atoms with Crippen LogP contribution in [0.5, 0.6) is 0 Å². The van der Waals surface area contributed by atoms with E-state index in [1.54, 1.807) is 18.3 Å². The molecule has 2 saturated heterocycles. The van der Waals surface area contributed by atoms with Crippen molar-refractivity contribution in [2.75, 3.05) is 5.32 Å². The molecular formula is C12H13N3O. The number of pyridine rings is 1. The number of nitrogens with zero attached hydrogens (tertiary/aromatic N) is 2. The first kappa shape index (κ1) is 9.61. The van der Waals surface area contributed by atoms with Crippen LogP contribution in [0.1, 0.15) is 24.8 Å². The average Bonchev–Trinajstić information content (AvgIpc) is 2.92. The van der Waals surface area contributed by atoms with E-state index in [4.69, 9.17) is 10.00 Å². The molecule has 0 unspecified atom stereocenters. The maximum absolute atomic E-state index is 8.96. The molecule has 1 aromatic heterocycles. The van der Waals surface area contributed by atoms with Crippen molar-refractivity contribution in [2.24, 2.45) is 0 Å². The molecule has 2 aliphatic rings. The van der Waals surface area contributed by atoms with E-state index >= 15 is 0 Å². The highest BCUT2D eigenvalue weighted by atomic mass is 16.5. The summed E-state index contributed by atoms with van der Waals surface area (Å²) in [5.41, 5.74) is 0.602. The summed E-state index contributed by atoms with van der Waals surface area (Å²) in [7, 11) is 0. The molecule has 3 rings (SSSR count). The summed E-state index contributed by atoms with van der Waals surface area (Å²) < 4.78 is 5.76. The highest BCUT2D eigenvalue weighted by Gasteiger charge is 2.40. The van der Waals surface area contributed by atoms with Gasteiger partial charge in [-0.15, -0.1) is 0 Å². The smallest absolute Gasteiger partial charge is 0.144 e. The van der Waals surface area contributed by atoms with Gasteiger partial charge >= 0.3 is 0 Å². The van der Waals surface area contributed by atoms with Crippen LogP contribution in [0.4, 0.5) is 5.82 Å². The largest absolute Gasteiger partial charge is 0.373 e. The SMILES string of the molecule is N#Cc1cccnc1N[C@@H]1C[C@H]2CC[C@H]1O2. The van der Waals surface area contributed by atoms with Crippen molar-refractivity contribution in [3.8, 4) is 6.07 Å². The summed E-state index contributed by atoms with van der Waals surface area (Å²) >= 11 is 0. The van der Waals surface area contributed by atoms with Crippen LogP contribution in [-0.4, -0.2) is 23.2 Å². The third kappa shape index (κ3) is 1.54. The van der Waals surface area contributed by atoms with Crippen molar-refractivity contribution in [2.45, 2.75) is 37.5 Å². The molecular weight excluding hydrogens is 202 g/mol. The van der Waals surface area contributed by atoms with Gasteiger partial charge in [-0.25, -0.2) is 4.98 Å². The highest BCUT2D eigenvalue weighted by Crippen LogP contribution is 2.35. The number of rotatable bonds is 2. The van der Waals surface area contributed by atoms with E-state index in [-0.39, 0.29) is 0 Å². The Labute approximate surface area is 94.2 Å². The van der Waals surface area contributed by atoms with Gasteiger partial charge in [0.1, 0.15) is 11.9 Å². The molecule has 4 nitrogen and oxygen atoms in total. The minimum Gasteiger partial charge on any atom is -0.373 e. The third-order valence-electron chi connectivity index (χ3n) is 3.36. The minimum absolute atomic E-state index is 0.304. The lowest BCUT2D eigenvalue weighted by molar-refractivity contribution is 0.102. The Morgan fingerprint density at radius 1 is 1.50 bits per heavy atom. The zero-order valence-corrected chi connectivity index (χ0v) is 8.89. The number of hydrogen-bond acceptors (Lipinski definition) is 4. The molecule has 0 amide bonds. The molecule has 0 spiro atoms. The van der Waals surface area contributed by atoms with E-state index in [1.807, 2.05) is 0 Å². The fraction of sp³-hybridized carbons (Fsp3) is 0.500. The van der Waals surface area contributed by atoms with Crippen LogP contribution in [0.15, 0.2) is 18.3 Å². The molecule has 2 bridgehead atoms. The van der Waals surface area contributed by atoms with Gasteiger partial charge in [0.2, 0.25) is 0 Å². The average molecular weight is 215 g/mol. The molecule has 0 aromatic carbocycles. The molecule has 2 aliphatic heterocycles. The van der Waals surface area contributed by atoms with Crippen LogP contribution >= 0.6 is 0 Å². The van der Waals surface area contributed by atoms with Gasteiger partial charge in [0.25, 0.3) is 0 Å². The first-order chi connectivity index (χ1) is 7.86. The van der Waals surface area contributed by atoms with Crippen molar-refractivity contribution in [3.63, 3.8) is 0 Å². The Morgan fingerprint density at radius 2 is 2.44 bits per heavy atom. The Kier molecular flexibility index (Phi) is 2.26. The van der Waals surface area contributed by atoms with E-state index in [0.29, 0.717) is 29.6 Å². The van der Waals surface area contributed by atoms with Crippen molar-refractivity contribution in [3.05, 3.63) is 23.9 Å². The predicted octanol–water partition coefficient (Wildman–Crippen LogP) is 1.69. The Balaban J connectivity index is 1.77. The lowest BCUT2D eigenvalue weighted by atomic mass is 9.95. The Bertz CT molecular complexity index is 440. The fourth-order valence-electron chi connectivity index (χ4n) is 2.58. The number of nitriles is 1. The third-order valence-corrected chi connectivity index (χ3v) is 3.36. The Morgan fingerprint density at radius 3 is 3.12 bits per heavy atom. The summed E-state index contributed by atoms with van der Waals surface area (Å²) in [6.45, 7) is 0. The molecule has 2 fully saturated rings. The zero-order chi connectivity index (χ0) is 11.0. The molecule has 3 heterocycles. The van der Waals surface area contributed by atoms with E-state index in [9.17, 15) is 0 Å². The lowest BCUT2D eigenvalue weighted by Crippen LogP contribution is -2.31. The second kappa shape index (κ2) is 3.76. The first-order valence-corrected chi connectivity index (χ1v) is 5.64. The monoisotopic (exact) mass is 215 g/mol. The zero-order valence-electron chi connectivity index (χ0n) is 8.89. The second-order valence-electron chi connectivity index (χ2n) is 4.37. The predicted molar refractivity (Wildman–Crippen MR) is 58.9 cm³/mol. The second-order valence-corrected chi connectivity index (χ2v) is 4.37. The first-order valence-electron chi connectivity index (χ1n) is 5.64. The maximum atomic E-state index is 8.96. The number of aromatic nitrogens is 1. The molecule has 0 aliphatic carbocycles. The number of nitrogens with one attached hydrogen (secondary N) is 1. The Hall–Kier alpha value is -1.60. The van der Waals surface area contributed by atoms with E-state index in [2.05, 4.69) is 16.4 Å². The van der Waals surface area contributed by atoms with Gasteiger partial charge in [-0.2, -0.15) is 5.26 Å². The van der Waals surface area contributed by atoms with E-state index in [1.165, 1.54) is 6.42 Å². The number of anilines is 1. The summed E-state index contributed by atoms with van der Waals surface area (Å²) in [5.74, 6) is 0.686. The van der Waals surface area contributed by atoms with Gasteiger partial charge in [-0.05, 0) is 31.4 Å². The van der Waals surface area contributed by atoms with Crippen LogP contribution in [-0.2, 0) is 4.74 Å². The van der Waals surface area contributed by atoms with Crippen molar-refractivity contribution in [1.29, 1.82) is 5.26 Å². The van der Waals surface area contributed by atoms with E-state index < -0.39 is 0 Å². The fourth-order valence-corrected chi connectivity index (χ4v) is 2.58. The van der Waals surface area contributed by atoms with Gasteiger partial charge in [0.15, 0.2) is 0 Å². The van der Waals surface area contributed by atoms with E-state index in [0.717, 1.165) is 12.8 Å². The van der Waals surface area contributed by atoms with Crippen LogP contribution < -0.4 is 5.32 Å².